The number of nitrogens with one attached hydrogen (secondary N) is 1. The van der Waals surface area contributed by atoms with Gasteiger partial charge in [0.15, 0.2) is 5.82 Å². The smallest absolute Gasteiger partial charge is 0.250 e. The highest BCUT2D eigenvalue weighted by Gasteiger charge is 2.24. The quantitative estimate of drug-likeness (QED) is 0.933. The number of methoxy groups -OCH3 is 1. The second-order valence-electron chi connectivity index (χ2n) is 5.77. The van der Waals surface area contributed by atoms with E-state index in [4.69, 9.17) is 9.26 Å². The van der Waals surface area contributed by atoms with E-state index >= 15 is 0 Å². The Balaban J connectivity index is 1.77. The fourth-order valence-corrected chi connectivity index (χ4v) is 2.69. The van der Waals surface area contributed by atoms with Crippen molar-refractivity contribution in [1.29, 1.82) is 0 Å². The summed E-state index contributed by atoms with van der Waals surface area (Å²) in [5.74, 6) is 2.04. The minimum atomic E-state index is 0.156. The maximum atomic E-state index is 5.37. The Bertz CT molecular complexity index is 696. The molecule has 0 aliphatic carbocycles. The van der Waals surface area contributed by atoms with Crippen molar-refractivity contribution in [1.82, 2.24) is 20.4 Å². The number of aryl methyl sites for hydroxylation is 1. The summed E-state index contributed by atoms with van der Waals surface area (Å²) in [5.41, 5.74) is 2.16. The first-order valence-electron chi connectivity index (χ1n) is 7.74. The summed E-state index contributed by atoms with van der Waals surface area (Å²) in [6, 6.07) is 6.19. The second kappa shape index (κ2) is 6.93. The van der Waals surface area contributed by atoms with Crippen molar-refractivity contribution in [2.24, 2.45) is 0 Å². The van der Waals surface area contributed by atoms with Gasteiger partial charge in [-0.3, -0.25) is 4.90 Å². The van der Waals surface area contributed by atoms with E-state index in [-0.39, 0.29) is 6.04 Å². The van der Waals surface area contributed by atoms with Crippen LogP contribution < -0.4 is 10.1 Å². The average molecular weight is 314 g/mol. The van der Waals surface area contributed by atoms with E-state index in [0.717, 1.165) is 36.8 Å². The van der Waals surface area contributed by atoms with Crippen LogP contribution in [0.3, 0.4) is 0 Å². The molecule has 0 spiro atoms. The molecule has 1 aliphatic rings. The van der Waals surface area contributed by atoms with Crippen LogP contribution in [0.5, 0.6) is 5.75 Å². The number of piperazine rings is 1. The molecule has 122 valence electrons. The maximum Gasteiger partial charge on any atom is 0.250 e. The summed E-state index contributed by atoms with van der Waals surface area (Å²) < 4.78 is 10.7. The molecular weight excluding hydrogens is 292 g/mol. The summed E-state index contributed by atoms with van der Waals surface area (Å²) in [7, 11) is 3.74. The fourth-order valence-electron chi connectivity index (χ4n) is 2.69. The van der Waals surface area contributed by atoms with Gasteiger partial charge in [0.2, 0.25) is 0 Å². The molecule has 0 amide bonds. The van der Waals surface area contributed by atoms with Crippen LogP contribution in [0.15, 0.2) is 22.7 Å². The SMILES string of the molecule is COc1ccc(C)cc1/C=C/c1nc(C2CNCCN2C)no1. The lowest BCUT2D eigenvalue weighted by molar-refractivity contribution is 0.190. The van der Waals surface area contributed by atoms with Gasteiger partial charge in [0.05, 0.1) is 13.2 Å². The first kappa shape index (κ1) is 15.7. The van der Waals surface area contributed by atoms with Crippen molar-refractivity contribution >= 4 is 12.2 Å². The molecule has 1 unspecified atom stereocenters. The van der Waals surface area contributed by atoms with Gasteiger partial charge in [0, 0.05) is 31.3 Å². The molecule has 1 atom stereocenters. The van der Waals surface area contributed by atoms with Gasteiger partial charge in [0.1, 0.15) is 5.75 Å². The molecule has 0 radical (unpaired) electrons. The molecule has 1 saturated heterocycles. The zero-order valence-corrected chi connectivity index (χ0v) is 13.7. The Kier molecular flexibility index (Phi) is 4.73. The van der Waals surface area contributed by atoms with Crippen LogP contribution in [-0.2, 0) is 0 Å². The minimum absolute atomic E-state index is 0.156. The average Bonchev–Trinajstić information content (AvgIpc) is 3.02. The van der Waals surface area contributed by atoms with Gasteiger partial charge in [-0.05, 0) is 32.2 Å². The highest BCUT2D eigenvalue weighted by Crippen LogP contribution is 2.22. The molecule has 2 aromatic rings. The van der Waals surface area contributed by atoms with Crippen LogP contribution in [-0.4, -0.2) is 48.8 Å². The number of ether oxygens (including phenoxy) is 1. The lowest BCUT2D eigenvalue weighted by Crippen LogP contribution is -2.44. The van der Waals surface area contributed by atoms with Crippen LogP contribution in [0, 0.1) is 6.92 Å². The Morgan fingerprint density at radius 1 is 1.39 bits per heavy atom. The van der Waals surface area contributed by atoms with E-state index in [0.29, 0.717) is 5.89 Å². The summed E-state index contributed by atoms with van der Waals surface area (Å²) in [6.07, 6.45) is 3.76. The van der Waals surface area contributed by atoms with E-state index in [2.05, 4.69) is 33.5 Å². The number of aromatic nitrogens is 2. The first-order chi connectivity index (χ1) is 11.2. The molecule has 3 rings (SSSR count). The highest BCUT2D eigenvalue weighted by molar-refractivity contribution is 5.70. The summed E-state index contributed by atoms with van der Waals surface area (Å²) in [6.45, 7) is 4.86. The lowest BCUT2D eigenvalue weighted by atomic mass is 10.1. The van der Waals surface area contributed by atoms with Gasteiger partial charge < -0.3 is 14.6 Å². The number of benzene rings is 1. The lowest BCUT2D eigenvalue weighted by Gasteiger charge is -2.30. The summed E-state index contributed by atoms with van der Waals surface area (Å²) >= 11 is 0. The Labute approximate surface area is 136 Å². The van der Waals surface area contributed by atoms with Crippen LogP contribution in [0.2, 0.25) is 0 Å². The highest BCUT2D eigenvalue weighted by atomic mass is 16.5. The molecule has 0 saturated carbocycles. The number of nitrogens with zero attached hydrogens (tertiary/aromatic N) is 3. The molecule has 1 aromatic heterocycles. The van der Waals surface area contributed by atoms with Gasteiger partial charge >= 0.3 is 0 Å². The molecular formula is C17H22N4O2. The Morgan fingerprint density at radius 2 is 2.26 bits per heavy atom. The van der Waals surface area contributed by atoms with Gasteiger partial charge in [-0.15, -0.1) is 0 Å². The van der Waals surface area contributed by atoms with Crippen molar-refractivity contribution in [3.63, 3.8) is 0 Å². The van der Waals surface area contributed by atoms with Crippen molar-refractivity contribution in [2.75, 3.05) is 33.8 Å². The van der Waals surface area contributed by atoms with E-state index < -0.39 is 0 Å². The van der Waals surface area contributed by atoms with Crippen molar-refractivity contribution in [3.05, 3.63) is 41.0 Å². The van der Waals surface area contributed by atoms with Crippen molar-refractivity contribution < 1.29 is 9.26 Å². The topological polar surface area (TPSA) is 63.4 Å². The molecule has 1 aromatic carbocycles. The predicted octanol–water partition coefficient (Wildman–Crippen LogP) is 2.13. The maximum absolute atomic E-state index is 5.37. The summed E-state index contributed by atoms with van der Waals surface area (Å²) in [5, 5.41) is 7.47. The van der Waals surface area contributed by atoms with E-state index in [1.807, 2.05) is 31.2 Å². The molecule has 1 N–H and O–H groups in total. The third-order valence-electron chi connectivity index (χ3n) is 4.06. The fraction of sp³-hybridized carbons (Fsp3) is 0.412. The van der Waals surface area contributed by atoms with Crippen molar-refractivity contribution in [3.8, 4) is 5.75 Å². The van der Waals surface area contributed by atoms with Crippen LogP contribution >= 0.6 is 0 Å². The number of hydrogen-bond acceptors (Lipinski definition) is 6. The monoisotopic (exact) mass is 314 g/mol. The number of likely N-dealkylation sites (N-methyl/N-ethyl adjacent to an activating group) is 1. The van der Waals surface area contributed by atoms with Gasteiger partial charge in [-0.1, -0.05) is 16.8 Å². The van der Waals surface area contributed by atoms with Crippen LogP contribution in [0.1, 0.15) is 28.9 Å². The largest absolute Gasteiger partial charge is 0.496 e. The van der Waals surface area contributed by atoms with E-state index in [9.17, 15) is 0 Å². The molecule has 0 bridgehead atoms. The number of rotatable bonds is 4. The minimum Gasteiger partial charge on any atom is -0.496 e. The Morgan fingerprint density at radius 3 is 3.04 bits per heavy atom. The Hall–Kier alpha value is -2.18. The zero-order chi connectivity index (χ0) is 16.2. The first-order valence-corrected chi connectivity index (χ1v) is 7.74. The molecule has 6 heteroatoms. The van der Waals surface area contributed by atoms with Gasteiger partial charge in [0.25, 0.3) is 5.89 Å². The van der Waals surface area contributed by atoms with E-state index in [1.165, 1.54) is 5.56 Å². The zero-order valence-electron chi connectivity index (χ0n) is 13.7. The van der Waals surface area contributed by atoms with Crippen molar-refractivity contribution in [2.45, 2.75) is 13.0 Å². The third-order valence-corrected chi connectivity index (χ3v) is 4.06. The normalized spacial score (nSPS) is 19.3. The summed E-state index contributed by atoms with van der Waals surface area (Å²) in [4.78, 5) is 6.72. The predicted molar refractivity (Wildman–Crippen MR) is 89.2 cm³/mol. The molecule has 23 heavy (non-hydrogen) atoms. The molecule has 1 aliphatic heterocycles. The van der Waals surface area contributed by atoms with Crippen LogP contribution in [0.25, 0.3) is 12.2 Å². The number of hydrogen-bond donors (Lipinski definition) is 1. The van der Waals surface area contributed by atoms with Gasteiger partial charge in [-0.25, -0.2) is 0 Å². The molecule has 1 fully saturated rings. The standard InChI is InChI=1S/C17H22N4O2/c1-12-4-6-15(22-3)13(10-12)5-7-16-19-17(20-23-16)14-11-18-8-9-21(14)2/h4-7,10,14,18H,8-9,11H2,1-3H3/b7-5+. The third kappa shape index (κ3) is 3.60. The van der Waals surface area contributed by atoms with E-state index in [1.54, 1.807) is 7.11 Å². The second-order valence-corrected chi connectivity index (χ2v) is 5.77. The molecule has 6 nitrogen and oxygen atoms in total. The van der Waals surface area contributed by atoms with Crippen LogP contribution in [0.4, 0.5) is 0 Å². The molecule has 2 heterocycles. The van der Waals surface area contributed by atoms with Gasteiger partial charge in [-0.2, -0.15) is 4.98 Å².